The summed E-state index contributed by atoms with van der Waals surface area (Å²) in [4.78, 5) is 0. The molecule has 2 atom stereocenters. The van der Waals surface area contributed by atoms with Crippen molar-refractivity contribution in [2.75, 3.05) is 0 Å². The van der Waals surface area contributed by atoms with Crippen molar-refractivity contribution < 1.29 is 26.7 Å². The molecular formula is C5Cl7F5O. The molecule has 0 amide bonds. The smallest absolute Gasteiger partial charge is 0.293 e. The highest BCUT2D eigenvalue weighted by Gasteiger charge is 2.73. The lowest BCUT2D eigenvalue weighted by atomic mass is 10.3. The van der Waals surface area contributed by atoms with Gasteiger partial charge >= 0.3 is 21.1 Å². The van der Waals surface area contributed by atoms with Crippen LogP contribution in [0.15, 0.2) is 0 Å². The first-order valence-corrected chi connectivity index (χ1v) is 6.07. The van der Waals surface area contributed by atoms with Crippen LogP contribution in [0.1, 0.15) is 0 Å². The molecule has 0 bridgehead atoms. The van der Waals surface area contributed by atoms with E-state index in [1.54, 1.807) is 0 Å². The van der Waals surface area contributed by atoms with Crippen LogP contribution < -0.4 is 0 Å². The topological polar surface area (TPSA) is 9.23 Å². The van der Waals surface area contributed by atoms with E-state index in [0.717, 1.165) is 0 Å². The molecule has 0 radical (unpaired) electrons. The number of halogens is 12. The second-order valence-corrected chi connectivity index (χ2v) is 7.24. The van der Waals surface area contributed by atoms with E-state index in [1.165, 1.54) is 0 Å². The van der Waals surface area contributed by atoms with E-state index in [-0.39, 0.29) is 0 Å². The van der Waals surface area contributed by atoms with E-state index in [1.807, 2.05) is 0 Å². The molecule has 2 unspecified atom stereocenters. The molecule has 0 aromatic carbocycles. The first-order chi connectivity index (χ1) is 7.46. The molecule has 1 nitrogen and oxygen atoms in total. The van der Waals surface area contributed by atoms with Crippen LogP contribution in [-0.4, -0.2) is 24.9 Å². The van der Waals surface area contributed by atoms with Crippen LogP contribution >= 0.6 is 81.2 Å². The number of rotatable bonds is 3. The van der Waals surface area contributed by atoms with Gasteiger partial charge in [-0.1, -0.05) is 69.6 Å². The van der Waals surface area contributed by atoms with Crippen LogP contribution in [0.4, 0.5) is 22.0 Å². The molecule has 0 aliphatic carbocycles. The summed E-state index contributed by atoms with van der Waals surface area (Å²) in [6.07, 6.45) is -5.78. The predicted octanol–water partition coefficient (Wildman–Crippen LogP) is 5.83. The van der Waals surface area contributed by atoms with Crippen molar-refractivity contribution in [2.24, 2.45) is 0 Å². The van der Waals surface area contributed by atoms with Gasteiger partial charge in [-0.25, -0.2) is 4.39 Å². The summed E-state index contributed by atoms with van der Waals surface area (Å²) in [5.41, 5.74) is 0. The van der Waals surface area contributed by atoms with Gasteiger partial charge in [0.25, 0.3) is 3.79 Å². The molecule has 0 aliphatic heterocycles. The lowest BCUT2D eigenvalue weighted by Crippen LogP contribution is -2.58. The summed E-state index contributed by atoms with van der Waals surface area (Å²) < 4.78 is 59.8. The van der Waals surface area contributed by atoms with Crippen LogP contribution in [0.5, 0.6) is 0 Å². The summed E-state index contributed by atoms with van der Waals surface area (Å²) in [5, 5.41) is -8.76. The lowest BCUT2D eigenvalue weighted by Gasteiger charge is -2.38. The van der Waals surface area contributed by atoms with E-state index in [2.05, 4.69) is 27.9 Å². The summed E-state index contributed by atoms with van der Waals surface area (Å²) in [7, 11) is 0. The maximum Gasteiger partial charge on any atom is 0.437 e. The largest absolute Gasteiger partial charge is 0.437 e. The first-order valence-electron chi connectivity index (χ1n) is 3.43. The quantitative estimate of drug-likeness (QED) is 0.413. The van der Waals surface area contributed by atoms with E-state index in [4.69, 9.17) is 58.0 Å². The van der Waals surface area contributed by atoms with E-state index in [0.29, 0.717) is 0 Å². The van der Waals surface area contributed by atoms with Crippen molar-refractivity contribution in [2.45, 2.75) is 24.9 Å². The van der Waals surface area contributed by atoms with Gasteiger partial charge in [0.2, 0.25) is 0 Å². The number of ether oxygens (including phenoxy) is 1. The lowest BCUT2D eigenvalue weighted by molar-refractivity contribution is -0.294. The zero-order valence-electron chi connectivity index (χ0n) is 7.44. The molecule has 0 heterocycles. The van der Waals surface area contributed by atoms with E-state index in [9.17, 15) is 22.0 Å². The Morgan fingerprint density at radius 3 is 1.17 bits per heavy atom. The summed E-state index contributed by atoms with van der Waals surface area (Å²) in [6, 6.07) is 0. The highest BCUT2D eigenvalue weighted by Crippen LogP contribution is 2.57. The Morgan fingerprint density at radius 2 is 1.00 bits per heavy atom. The van der Waals surface area contributed by atoms with Crippen molar-refractivity contribution in [3.63, 3.8) is 0 Å². The molecule has 0 N–H and O–H groups in total. The third-order valence-electron chi connectivity index (χ3n) is 1.33. The molecule has 0 aliphatic rings. The van der Waals surface area contributed by atoms with Crippen LogP contribution in [0, 0.1) is 0 Å². The minimum absolute atomic E-state index is 3.24. The van der Waals surface area contributed by atoms with Crippen LogP contribution in [-0.2, 0) is 4.74 Å². The van der Waals surface area contributed by atoms with Crippen molar-refractivity contribution in [3.8, 4) is 0 Å². The van der Waals surface area contributed by atoms with Gasteiger partial charge in [0.1, 0.15) is 0 Å². The minimum atomic E-state index is -5.78. The molecule has 0 spiro atoms. The third-order valence-corrected chi connectivity index (χ3v) is 3.99. The zero-order valence-corrected chi connectivity index (χ0v) is 12.7. The van der Waals surface area contributed by atoms with Gasteiger partial charge in [-0.05, 0) is 11.6 Å². The first kappa shape index (κ1) is 19.6. The van der Waals surface area contributed by atoms with E-state index >= 15 is 0 Å². The maximum atomic E-state index is 13.4. The summed E-state index contributed by atoms with van der Waals surface area (Å²) in [5.74, 6) is 0. The van der Waals surface area contributed by atoms with Crippen LogP contribution in [0.25, 0.3) is 0 Å². The van der Waals surface area contributed by atoms with Gasteiger partial charge < -0.3 is 0 Å². The normalized spacial score (nSPS) is 21.3. The average molecular weight is 419 g/mol. The van der Waals surface area contributed by atoms with Gasteiger partial charge in [0.15, 0.2) is 0 Å². The average Bonchev–Trinajstić information content (AvgIpc) is 1.95. The SMILES string of the molecule is FC(F)(F)C(Cl)(OC(F)(Cl)C(Cl)(Cl)Cl)C(F)(Cl)Cl. The van der Waals surface area contributed by atoms with Crippen LogP contribution in [0.3, 0.4) is 0 Å². The van der Waals surface area contributed by atoms with Gasteiger partial charge in [-0.15, -0.1) is 0 Å². The Bertz CT molecular complexity index is 291. The summed E-state index contributed by atoms with van der Waals surface area (Å²) in [6.45, 7) is 0. The van der Waals surface area contributed by atoms with Crippen molar-refractivity contribution in [1.82, 2.24) is 0 Å². The number of alkyl halides is 12. The standard InChI is InChI=1S/C5Cl7F5O/c6-1(3(10,11)13,5(15,16)17)18-4(12,14)2(7,8)9. The Balaban J connectivity index is 5.58. The molecule has 0 saturated carbocycles. The second-order valence-electron chi connectivity index (χ2n) is 2.71. The van der Waals surface area contributed by atoms with Gasteiger partial charge in [-0.2, -0.15) is 17.6 Å². The van der Waals surface area contributed by atoms with Crippen molar-refractivity contribution >= 4 is 81.2 Å². The fourth-order valence-electron chi connectivity index (χ4n) is 0.511. The Morgan fingerprint density at radius 1 is 0.667 bits per heavy atom. The minimum Gasteiger partial charge on any atom is -0.293 e. The zero-order chi connectivity index (χ0) is 15.2. The second kappa shape index (κ2) is 5.44. The Hall–Kier alpha value is 1.64. The fraction of sp³-hybridized carbons (Fsp3) is 1.00. The molecule has 0 aromatic heterocycles. The Kier molecular flexibility index (Phi) is 5.94. The molecule has 13 heteroatoms. The molecule has 110 valence electrons. The molecule has 0 saturated heterocycles. The predicted molar refractivity (Wildman–Crippen MR) is 61.3 cm³/mol. The van der Waals surface area contributed by atoms with Gasteiger partial charge in [-0.3, -0.25) is 4.74 Å². The molecular weight excluding hydrogens is 419 g/mol. The maximum absolute atomic E-state index is 13.4. The van der Waals surface area contributed by atoms with Crippen LogP contribution in [0.2, 0.25) is 0 Å². The van der Waals surface area contributed by atoms with Gasteiger partial charge in [0, 0.05) is 0 Å². The highest BCUT2D eigenvalue weighted by atomic mass is 35.6. The number of hydrogen-bond acceptors (Lipinski definition) is 1. The van der Waals surface area contributed by atoms with Crippen molar-refractivity contribution in [1.29, 1.82) is 0 Å². The molecule has 0 aromatic rings. The van der Waals surface area contributed by atoms with Gasteiger partial charge in [0.05, 0.1) is 0 Å². The molecule has 18 heavy (non-hydrogen) atoms. The van der Waals surface area contributed by atoms with Crippen molar-refractivity contribution in [3.05, 3.63) is 0 Å². The van der Waals surface area contributed by atoms with E-state index < -0.39 is 24.9 Å². The Labute approximate surface area is 132 Å². The highest BCUT2D eigenvalue weighted by molar-refractivity contribution is 6.70. The third kappa shape index (κ3) is 4.07. The molecule has 0 rings (SSSR count). The molecule has 0 fully saturated rings. The fourth-order valence-corrected chi connectivity index (χ4v) is 1.18. The summed E-state index contributed by atoms with van der Waals surface area (Å²) >= 11 is 33.2. The monoisotopic (exact) mass is 416 g/mol. The number of hydrogen-bond donors (Lipinski definition) is 0.